The quantitative estimate of drug-likeness (QED) is 0.219. The highest BCUT2D eigenvalue weighted by Gasteiger charge is 2.17. The van der Waals surface area contributed by atoms with Gasteiger partial charge in [-0.05, 0) is 92.0 Å². The molecule has 0 spiro atoms. The number of esters is 1. The molecule has 0 radical (unpaired) electrons. The molecule has 0 bridgehead atoms. The molecule has 9 heteroatoms. The first-order chi connectivity index (χ1) is 10.2. The van der Waals surface area contributed by atoms with Crippen molar-refractivity contribution in [2.24, 2.45) is 0 Å². The lowest BCUT2D eigenvalue weighted by molar-refractivity contribution is 0.0733. The van der Waals surface area contributed by atoms with Crippen LogP contribution in [0, 0.1) is 10.7 Å². The van der Waals surface area contributed by atoms with Gasteiger partial charge in [0.25, 0.3) is 0 Å². The fraction of sp³-hybridized carbons (Fsp3) is 0. The van der Waals surface area contributed by atoms with E-state index >= 15 is 0 Å². The number of hydrogen-bond acceptors (Lipinski definition) is 5. The van der Waals surface area contributed by atoms with Crippen molar-refractivity contribution in [3.8, 4) is 5.75 Å². The molecule has 0 N–H and O–H groups in total. The van der Waals surface area contributed by atoms with Gasteiger partial charge in [-0.15, -0.1) is 0 Å². The summed E-state index contributed by atoms with van der Waals surface area (Å²) in [6, 6.07) is 9.63. The summed E-state index contributed by atoms with van der Waals surface area (Å²) in [5, 5.41) is 0. The second-order valence-corrected chi connectivity index (χ2v) is 8.84. The van der Waals surface area contributed by atoms with Gasteiger partial charge in [0, 0.05) is 10.7 Å². The Morgan fingerprint density at radius 2 is 1.55 bits per heavy atom. The summed E-state index contributed by atoms with van der Waals surface area (Å²) in [6.45, 7) is 0. The summed E-state index contributed by atoms with van der Waals surface area (Å²) in [5.41, 5.74) is 0.411. The van der Waals surface area contributed by atoms with Crippen LogP contribution in [0.4, 0.5) is 0 Å². The number of carbonyl (C=O) groups is 1. The Labute approximate surface area is 168 Å². The zero-order valence-electron chi connectivity index (χ0n) is 10.5. The molecule has 0 atom stereocenters. The lowest BCUT2D eigenvalue weighted by Crippen LogP contribution is -2.11. The smallest absolute Gasteiger partial charge is 0.344 e. The first kappa shape index (κ1) is 18.4. The Kier molecular flexibility index (Phi) is 6.07. The SMILES string of the molecule is O=C(Oc1cc(I)c(S(=O)(=O)[O-])c(I)c1)c1ccccc1I. The largest absolute Gasteiger partial charge is 0.744 e. The molecule has 2 rings (SSSR count). The normalized spacial score (nSPS) is 11.3. The summed E-state index contributed by atoms with van der Waals surface area (Å²) >= 11 is 5.48. The van der Waals surface area contributed by atoms with Crippen molar-refractivity contribution >= 4 is 83.9 Å². The lowest BCUT2D eigenvalue weighted by atomic mass is 10.2. The predicted octanol–water partition coefficient (Wildman–Crippen LogP) is 3.62. The standard InChI is InChI=1S/C13H7I3O5S/c14-9-4-2-1-3-8(9)13(17)21-7-5-10(15)12(11(16)6-7)22(18,19)20/h1-6H,(H,18,19,20)/p-1. The summed E-state index contributed by atoms with van der Waals surface area (Å²) in [7, 11) is -4.57. The van der Waals surface area contributed by atoms with Crippen molar-refractivity contribution in [1.82, 2.24) is 0 Å². The van der Waals surface area contributed by atoms with Gasteiger partial charge in [-0.2, -0.15) is 0 Å². The topological polar surface area (TPSA) is 83.5 Å². The van der Waals surface area contributed by atoms with Gasteiger partial charge in [0.05, 0.1) is 10.5 Å². The Hall–Kier alpha value is 0.01000. The maximum atomic E-state index is 12.1. The van der Waals surface area contributed by atoms with E-state index in [0.29, 0.717) is 5.56 Å². The second kappa shape index (κ2) is 7.27. The predicted molar refractivity (Wildman–Crippen MR) is 104 cm³/mol. The number of hydrogen-bond donors (Lipinski definition) is 0. The average molecular weight is 655 g/mol. The van der Waals surface area contributed by atoms with Crippen LogP contribution in [0.15, 0.2) is 41.3 Å². The molecule has 0 unspecified atom stereocenters. The van der Waals surface area contributed by atoms with Crippen LogP contribution in [0.25, 0.3) is 0 Å². The molecule has 0 saturated heterocycles. The van der Waals surface area contributed by atoms with Crippen LogP contribution in [0.5, 0.6) is 5.75 Å². The molecule has 116 valence electrons. The zero-order chi connectivity index (χ0) is 16.5. The Bertz CT molecular complexity index is 825. The van der Waals surface area contributed by atoms with E-state index in [1.165, 1.54) is 12.1 Å². The van der Waals surface area contributed by atoms with Gasteiger partial charge in [-0.1, -0.05) is 12.1 Å². The van der Waals surface area contributed by atoms with Crippen molar-refractivity contribution in [1.29, 1.82) is 0 Å². The van der Waals surface area contributed by atoms with Gasteiger partial charge in [0.2, 0.25) is 0 Å². The second-order valence-electron chi connectivity index (χ2n) is 4.04. The minimum atomic E-state index is -4.57. The fourth-order valence-electron chi connectivity index (χ4n) is 1.62. The first-order valence-corrected chi connectivity index (χ1v) is 10.3. The van der Waals surface area contributed by atoms with Crippen LogP contribution in [0.1, 0.15) is 10.4 Å². The zero-order valence-corrected chi connectivity index (χ0v) is 17.8. The number of halogens is 3. The van der Waals surface area contributed by atoms with E-state index in [-0.39, 0.29) is 17.8 Å². The maximum absolute atomic E-state index is 12.1. The highest BCUT2D eigenvalue weighted by atomic mass is 127. The monoisotopic (exact) mass is 655 g/mol. The van der Waals surface area contributed by atoms with Crippen molar-refractivity contribution in [3.63, 3.8) is 0 Å². The minimum absolute atomic E-state index is 0.186. The Balaban J connectivity index is 2.36. The molecule has 0 aliphatic heterocycles. The van der Waals surface area contributed by atoms with Crippen LogP contribution in [-0.4, -0.2) is 18.9 Å². The van der Waals surface area contributed by atoms with E-state index in [1.54, 1.807) is 69.4 Å². The fourth-order valence-corrected chi connectivity index (χ4v) is 6.16. The number of rotatable bonds is 3. The molecule has 0 fully saturated rings. The number of carbonyl (C=O) groups excluding carboxylic acids is 1. The molecule has 0 heterocycles. The van der Waals surface area contributed by atoms with E-state index in [9.17, 15) is 17.8 Å². The molecular weight excluding hydrogens is 649 g/mol. The maximum Gasteiger partial charge on any atom is 0.344 e. The van der Waals surface area contributed by atoms with E-state index in [0.717, 1.165) is 3.57 Å². The molecule has 0 saturated carbocycles. The number of benzene rings is 2. The van der Waals surface area contributed by atoms with Crippen molar-refractivity contribution in [2.45, 2.75) is 4.90 Å². The molecule has 22 heavy (non-hydrogen) atoms. The van der Waals surface area contributed by atoms with Crippen LogP contribution < -0.4 is 4.74 Å². The van der Waals surface area contributed by atoms with E-state index in [2.05, 4.69) is 0 Å². The summed E-state index contributed by atoms with van der Waals surface area (Å²) in [6.07, 6.45) is 0. The molecule has 2 aromatic carbocycles. The van der Waals surface area contributed by atoms with Gasteiger partial charge >= 0.3 is 5.97 Å². The third kappa shape index (κ3) is 4.30. The molecule has 5 nitrogen and oxygen atoms in total. The summed E-state index contributed by atoms with van der Waals surface area (Å²) in [4.78, 5) is 11.8. The lowest BCUT2D eigenvalue weighted by Gasteiger charge is -2.13. The van der Waals surface area contributed by atoms with Crippen LogP contribution in [0.2, 0.25) is 0 Å². The van der Waals surface area contributed by atoms with Gasteiger partial charge in [-0.25, -0.2) is 13.2 Å². The van der Waals surface area contributed by atoms with Gasteiger partial charge in [-0.3, -0.25) is 0 Å². The average Bonchev–Trinajstić information content (AvgIpc) is 2.36. The van der Waals surface area contributed by atoms with Crippen molar-refractivity contribution in [2.75, 3.05) is 0 Å². The highest BCUT2D eigenvalue weighted by molar-refractivity contribution is 14.1. The molecular formula is C13H6I3O5S-. The Morgan fingerprint density at radius 1 is 1.00 bits per heavy atom. The third-order valence-electron chi connectivity index (χ3n) is 2.53. The van der Waals surface area contributed by atoms with Crippen LogP contribution in [-0.2, 0) is 10.1 Å². The minimum Gasteiger partial charge on any atom is -0.744 e. The summed E-state index contributed by atoms with van der Waals surface area (Å²) < 4.78 is 40.0. The number of ether oxygens (including phenoxy) is 1. The first-order valence-electron chi connectivity index (χ1n) is 5.62. The van der Waals surface area contributed by atoms with Gasteiger partial charge in [0.15, 0.2) is 0 Å². The van der Waals surface area contributed by atoms with Crippen molar-refractivity contribution in [3.05, 3.63) is 52.7 Å². The Morgan fingerprint density at radius 3 is 2.05 bits per heavy atom. The van der Waals surface area contributed by atoms with E-state index in [1.807, 2.05) is 22.6 Å². The molecule has 0 aliphatic carbocycles. The molecule has 0 aliphatic rings. The molecule has 2 aromatic rings. The van der Waals surface area contributed by atoms with Gasteiger partial charge < -0.3 is 9.29 Å². The molecule has 0 amide bonds. The van der Waals surface area contributed by atoms with E-state index < -0.39 is 16.1 Å². The third-order valence-corrected chi connectivity index (χ3v) is 6.84. The van der Waals surface area contributed by atoms with Crippen LogP contribution in [0.3, 0.4) is 0 Å². The van der Waals surface area contributed by atoms with E-state index in [4.69, 9.17) is 4.74 Å². The summed E-state index contributed by atoms with van der Waals surface area (Å²) in [5.74, 6) is -0.361. The highest BCUT2D eigenvalue weighted by Crippen LogP contribution is 2.29. The van der Waals surface area contributed by atoms with Crippen LogP contribution >= 0.6 is 67.8 Å². The molecule has 0 aromatic heterocycles. The van der Waals surface area contributed by atoms with Crippen molar-refractivity contribution < 1.29 is 22.5 Å². The van der Waals surface area contributed by atoms with Gasteiger partial charge in [0.1, 0.15) is 15.9 Å².